The highest BCUT2D eigenvalue weighted by Crippen LogP contribution is 2.33. The third-order valence-electron chi connectivity index (χ3n) is 3.50. The summed E-state index contributed by atoms with van der Waals surface area (Å²) < 4.78 is 59.7. The molecule has 0 atom stereocenters. The SMILES string of the molecule is CCCCOc1ccc(Cc2cc(O)c(F)c(F)c2O)c(F)c1F. The molecule has 0 heterocycles. The molecule has 0 aliphatic carbocycles. The van der Waals surface area contributed by atoms with Crippen molar-refractivity contribution in [2.75, 3.05) is 6.61 Å². The number of halogens is 4. The summed E-state index contributed by atoms with van der Waals surface area (Å²) in [5.41, 5.74) is -0.472. The maximum Gasteiger partial charge on any atom is 0.204 e. The van der Waals surface area contributed by atoms with Gasteiger partial charge in [0.05, 0.1) is 6.61 Å². The number of phenolic OH excluding ortho intramolecular Hbond substituents is 2. The number of hydrogen-bond donors (Lipinski definition) is 2. The number of ether oxygens (including phenoxy) is 1. The topological polar surface area (TPSA) is 49.7 Å². The van der Waals surface area contributed by atoms with Crippen molar-refractivity contribution >= 4 is 0 Å². The third-order valence-corrected chi connectivity index (χ3v) is 3.50. The molecule has 0 saturated carbocycles. The summed E-state index contributed by atoms with van der Waals surface area (Å²) >= 11 is 0. The second-order valence-corrected chi connectivity index (χ2v) is 5.26. The highest BCUT2D eigenvalue weighted by Gasteiger charge is 2.20. The van der Waals surface area contributed by atoms with Crippen LogP contribution in [0.4, 0.5) is 17.6 Å². The highest BCUT2D eigenvalue weighted by atomic mass is 19.2. The van der Waals surface area contributed by atoms with E-state index in [0.717, 1.165) is 12.5 Å². The first-order chi connectivity index (χ1) is 11.4. The highest BCUT2D eigenvalue weighted by molar-refractivity contribution is 5.45. The fourth-order valence-corrected chi connectivity index (χ4v) is 2.14. The molecule has 0 amide bonds. The van der Waals surface area contributed by atoms with E-state index in [4.69, 9.17) is 4.74 Å². The first-order valence-corrected chi connectivity index (χ1v) is 7.35. The van der Waals surface area contributed by atoms with E-state index < -0.39 is 41.2 Å². The van der Waals surface area contributed by atoms with Crippen LogP contribution in [0.15, 0.2) is 18.2 Å². The van der Waals surface area contributed by atoms with Gasteiger partial charge < -0.3 is 14.9 Å². The molecule has 0 spiro atoms. The second kappa shape index (κ2) is 7.42. The number of benzene rings is 2. The zero-order valence-electron chi connectivity index (χ0n) is 12.9. The molecule has 2 N–H and O–H groups in total. The van der Waals surface area contributed by atoms with E-state index in [0.29, 0.717) is 6.42 Å². The van der Waals surface area contributed by atoms with Gasteiger partial charge in [-0.15, -0.1) is 0 Å². The third kappa shape index (κ3) is 3.55. The maximum atomic E-state index is 14.1. The van der Waals surface area contributed by atoms with Crippen molar-refractivity contribution in [3.63, 3.8) is 0 Å². The molecule has 130 valence electrons. The lowest BCUT2D eigenvalue weighted by Crippen LogP contribution is -2.03. The molecule has 2 rings (SSSR count). The number of rotatable bonds is 6. The number of phenols is 2. The van der Waals surface area contributed by atoms with Crippen LogP contribution in [0.25, 0.3) is 0 Å². The van der Waals surface area contributed by atoms with Gasteiger partial charge >= 0.3 is 0 Å². The lowest BCUT2D eigenvalue weighted by molar-refractivity contribution is 0.288. The molecular formula is C17H16F4O3. The molecule has 24 heavy (non-hydrogen) atoms. The summed E-state index contributed by atoms with van der Waals surface area (Å²) in [6.07, 6.45) is 1.08. The normalized spacial score (nSPS) is 10.9. The van der Waals surface area contributed by atoms with Gasteiger partial charge in [-0.3, -0.25) is 0 Å². The number of hydrogen-bond acceptors (Lipinski definition) is 3. The van der Waals surface area contributed by atoms with Crippen LogP contribution in [-0.4, -0.2) is 16.8 Å². The van der Waals surface area contributed by atoms with Crippen LogP contribution in [0.1, 0.15) is 30.9 Å². The van der Waals surface area contributed by atoms with Crippen LogP contribution < -0.4 is 4.74 Å². The molecule has 0 aliphatic rings. The van der Waals surface area contributed by atoms with Crippen LogP contribution in [0, 0.1) is 23.3 Å². The zero-order valence-corrected chi connectivity index (χ0v) is 12.9. The Morgan fingerprint density at radius 1 is 0.917 bits per heavy atom. The summed E-state index contributed by atoms with van der Waals surface area (Å²) in [6.45, 7) is 2.16. The lowest BCUT2D eigenvalue weighted by atomic mass is 10.0. The maximum absolute atomic E-state index is 14.1. The molecule has 0 radical (unpaired) electrons. The van der Waals surface area contributed by atoms with Crippen LogP contribution in [-0.2, 0) is 6.42 Å². The fraction of sp³-hybridized carbons (Fsp3) is 0.294. The average Bonchev–Trinajstić information content (AvgIpc) is 2.56. The van der Waals surface area contributed by atoms with Gasteiger partial charge in [0.25, 0.3) is 0 Å². The van der Waals surface area contributed by atoms with Crippen molar-refractivity contribution in [1.82, 2.24) is 0 Å². The quantitative estimate of drug-likeness (QED) is 0.463. The van der Waals surface area contributed by atoms with Crippen LogP contribution in [0.5, 0.6) is 17.2 Å². The molecule has 2 aromatic carbocycles. The van der Waals surface area contributed by atoms with E-state index in [1.54, 1.807) is 0 Å². The summed E-state index contributed by atoms with van der Waals surface area (Å²) in [5.74, 6) is -8.01. The van der Waals surface area contributed by atoms with Crippen molar-refractivity contribution in [2.45, 2.75) is 26.2 Å². The van der Waals surface area contributed by atoms with Gasteiger partial charge in [-0.25, -0.2) is 4.39 Å². The number of unbranched alkanes of at least 4 members (excludes halogenated alkanes) is 1. The van der Waals surface area contributed by atoms with Gasteiger partial charge in [-0.2, -0.15) is 13.2 Å². The van der Waals surface area contributed by atoms with E-state index >= 15 is 0 Å². The minimum absolute atomic E-state index is 0.198. The largest absolute Gasteiger partial charge is 0.505 e. The van der Waals surface area contributed by atoms with E-state index in [-0.39, 0.29) is 23.5 Å². The standard InChI is InChI=1S/C17H16F4O3/c1-2-3-6-24-12-5-4-9(13(18)15(12)20)7-10-8-11(22)14(19)16(21)17(10)23/h4-5,8,22-23H,2-3,6-7H2,1H3. The Bertz CT molecular complexity index is 747. The van der Waals surface area contributed by atoms with Crippen molar-refractivity contribution in [1.29, 1.82) is 0 Å². The minimum atomic E-state index is -1.65. The minimum Gasteiger partial charge on any atom is -0.505 e. The van der Waals surface area contributed by atoms with E-state index in [9.17, 15) is 27.8 Å². The molecule has 0 aliphatic heterocycles. The van der Waals surface area contributed by atoms with Crippen LogP contribution >= 0.6 is 0 Å². The fourth-order valence-electron chi connectivity index (χ4n) is 2.14. The Morgan fingerprint density at radius 3 is 2.29 bits per heavy atom. The molecule has 2 aromatic rings. The van der Waals surface area contributed by atoms with Gasteiger partial charge in [-0.05, 0) is 24.1 Å². The van der Waals surface area contributed by atoms with Crippen LogP contribution in [0.3, 0.4) is 0 Å². The summed E-state index contributed by atoms with van der Waals surface area (Å²) in [7, 11) is 0. The van der Waals surface area contributed by atoms with Crippen molar-refractivity contribution in [2.24, 2.45) is 0 Å². The summed E-state index contributed by atoms with van der Waals surface area (Å²) in [5, 5.41) is 18.8. The van der Waals surface area contributed by atoms with Gasteiger partial charge in [0.2, 0.25) is 17.5 Å². The molecule has 7 heteroatoms. The van der Waals surface area contributed by atoms with Gasteiger partial charge in [0.1, 0.15) is 0 Å². The smallest absolute Gasteiger partial charge is 0.204 e. The Balaban J connectivity index is 2.30. The molecular weight excluding hydrogens is 328 g/mol. The molecule has 3 nitrogen and oxygen atoms in total. The Morgan fingerprint density at radius 2 is 1.62 bits per heavy atom. The predicted octanol–water partition coefficient (Wildman–Crippen LogP) is 4.42. The molecule has 0 saturated heterocycles. The first kappa shape index (κ1) is 17.9. The summed E-state index contributed by atoms with van der Waals surface area (Å²) in [4.78, 5) is 0. The Hall–Kier alpha value is -2.44. The Kier molecular flexibility index (Phi) is 5.54. The molecule has 0 aromatic heterocycles. The molecule has 0 fully saturated rings. The van der Waals surface area contributed by atoms with E-state index in [1.807, 2.05) is 6.92 Å². The molecule has 0 unspecified atom stereocenters. The first-order valence-electron chi connectivity index (χ1n) is 7.35. The monoisotopic (exact) mass is 344 g/mol. The predicted molar refractivity (Wildman–Crippen MR) is 79.3 cm³/mol. The van der Waals surface area contributed by atoms with E-state index in [2.05, 4.69) is 0 Å². The number of aromatic hydroxyl groups is 2. The summed E-state index contributed by atoms with van der Waals surface area (Å²) in [6, 6.07) is 3.20. The zero-order chi connectivity index (χ0) is 17.9. The van der Waals surface area contributed by atoms with Crippen molar-refractivity contribution in [3.8, 4) is 17.2 Å². The Labute approximate surface area is 136 Å². The second-order valence-electron chi connectivity index (χ2n) is 5.26. The van der Waals surface area contributed by atoms with Crippen LogP contribution in [0.2, 0.25) is 0 Å². The van der Waals surface area contributed by atoms with Crippen molar-refractivity contribution < 1.29 is 32.5 Å². The lowest BCUT2D eigenvalue weighted by Gasteiger charge is -2.11. The van der Waals surface area contributed by atoms with Gasteiger partial charge in [-0.1, -0.05) is 19.4 Å². The van der Waals surface area contributed by atoms with Crippen molar-refractivity contribution in [3.05, 3.63) is 52.6 Å². The van der Waals surface area contributed by atoms with Gasteiger partial charge in [0, 0.05) is 12.0 Å². The molecule has 0 bridgehead atoms. The average molecular weight is 344 g/mol. The van der Waals surface area contributed by atoms with E-state index in [1.165, 1.54) is 12.1 Å². The van der Waals surface area contributed by atoms with Gasteiger partial charge in [0.15, 0.2) is 23.1 Å².